The number of oxime groups is 1. The number of ether oxygens (including phenoxy) is 2. The zero-order valence-corrected chi connectivity index (χ0v) is 21.1. The van der Waals surface area contributed by atoms with Crippen LogP contribution in [0, 0.1) is 5.92 Å². The summed E-state index contributed by atoms with van der Waals surface area (Å²) in [6.07, 6.45) is -0.314. The Morgan fingerprint density at radius 3 is 2.61 bits per heavy atom. The van der Waals surface area contributed by atoms with Gasteiger partial charge in [0.05, 0.1) is 11.3 Å². The second kappa shape index (κ2) is 12.7. The van der Waals surface area contributed by atoms with E-state index in [1.54, 1.807) is 18.3 Å². The van der Waals surface area contributed by atoms with Crippen molar-refractivity contribution in [2.75, 3.05) is 26.4 Å². The lowest BCUT2D eigenvalue weighted by Gasteiger charge is -2.22. The molecular weight excluding hydrogens is 499 g/mol. The highest BCUT2D eigenvalue weighted by atomic mass is 19.4. The molecule has 7 nitrogen and oxygen atoms in total. The molecule has 0 unspecified atom stereocenters. The highest BCUT2D eigenvalue weighted by Gasteiger charge is 2.29. The third-order valence-corrected chi connectivity index (χ3v) is 6.35. The molecule has 2 aromatic carbocycles. The van der Waals surface area contributed by atoms with Crippen LogP contribution in [0.3, 0.4) is 0 Å². The molecule has 1 saturated heterocycles. The van der Waals surface area contributed by atoms with E-state index in [0.29, 0.717) is 41.4 Å². The van der Waals surface area contributed by atoms with Crippen molar-refractivity contribution in [2.24, 2.45) is 11.1 Å². The summed E-state index contributed by atoms with van der Waals surface area (Å²) in [6, 6.07) is 12.0. The number of aromatic nitrogens is 1. The van der Waals surface area contributed by atoms with Gasteiger partial charge >= 0.3 is 6.18 Å². The average molecular weight is 530 g/mol. The van der Waals surface area contributed by atoms with Gasteiger partial charge in [-0.05, 0) is 61.1 Å². The molecule has 0 aliphatic carbocycles. The van der Waals surface area contributed by atoms with Crippen molar-refractivity contribution in [1.82, 2.24) is 10.3 Å². The van der Waals surface area contributed by atoms with Crippen LogP contribution in [0.2, 0.25) is 0 Å². The molecular formula is C28H30F3N3O4. The van der Waals surface area contributed by atoms with Crippen LogP contribution in [0.25, 0.3) is 10.9 Å². The Labute approximate surface area is 219 Å². The topological polar surface area (TPSA) is 82.0 Å². The van der Waals surface area contributed by atoms with Crippen molar-refractivity contribution in [1.29, 1.82) is 0 Å². The minimum atomic E-state index is -4.38. The zero-order chi connectivity index (χ0) is 27.0. The summed E-state index contributed by atoms with van der Waals surface area (Å²) < 4.78 is 49.5. The van der Waals surface area contributed by atoms with E-state index in [1.165, 1.54) is 12.1 Å². The second-order valence-electron chi connectivity index (χ2n) is 9.02. The number of hydrogen-bond acceptors (Lipinski definition) is 6. The Balaban J connectivity index is 1.41. The van der Waals surface area contributed by atoms with E-state index in [1.807, 2.05) is 19.1 Å². The van der Waals surface area contributed by atoms with Crippen molar-refractivity contribution >= 4 is 22.5 Å². The number of rotatable bonds is 10. The third kappa shape index (κ3) is 7.22. The molecule has 1 aliphatic heterocycles. The van der Waals surface area contributed by atoms with Crippen molar-refractivity contribution in [3.8, 4) is 5.75 Å². The van der Waals surface area contributed by atoms with Crippen LogP contribution in [-0.2, 0) is 27.2 Å². The SMILES string of the molecule is CC/C(=N\OCc1ccc(C(F)(F)F)cc1)c1ccc(OCC(=O)NCC2CCOCC2)c2ncccc12. The largest absolute Gasteiger partial charge is 0.481 e. The van der Waals surface area contributed by atoms with Gasteiger partial charge < -0.3 is 19.6 Å². The molecule has 1 amide bonds. The van der Waals surface area contributed by atoms with Crippen molar-refractivity contribution < 1.29 is 32.3 Å². The van der Waals surface area contributed by atoms with Crippen molar-refractivity contribution in [2.45, 2.75) is 39.0 Å². The normalized spacial score (nSPS) is 14.9. The third-order valence-electron chi connectivity index (χ3n) is 6.35. The molecule has 0 atom stereocenters. The van der Waals surface area contributed by atoms with Crippen LogP contribution in [-0.4, -0.2) is 43.0 Å². The molecule has 202 valence electrons. The first-order valence-corrected chi connectivity index (χ1v) is 12.6. The number of nitrogens with zero attached hydrogens (tertiary/aromatic N) is 2. The predicted octanol–water partition coefficient (Wildman–Crippen LogP) is 5.51. The molecule has 0 spiro atoms. The van der Waals surface area contributed by atoms with E-state index in [2.05, 4.69) is 15.5 Å². The van der Waals surface area contributed by atoms with Crippen LogP contribution >= 0.6 is 0 Å². The van der Waals surface area contributed by atoms with Crippen LogP contribution in [0.1, 0.15) is 42.9 Å². The molecule has 10 heteroatoms. The summed E-state index contributed by atoms with van der Waals surface area (Å²) >= 11 is 0. The number of halogens is 3. The first-order valence-electron chi connectivity index (χ1n) is 12.6. The predicted molar refractivity (Wildman–Crippen MR) is 137 cm³/mol. The lowest BCUT2D eigenvalue weighted by atomic mass is 10.0. The molecule has 1 N–H and O–H groups in total. The molecule has 2 heterocycles. The number of carbonyl (C=O) groups is 1. The lowest BCUT2D eigenvalue weighted by Crippen LogP contribution is -2.35. The molecule has 3 aromatic rings. The fourth-order valence-corrected chi connectivity index (χ4v) is 4.20. The quantitative estimate of drug-likeness (QED) is 0.277. The van der Waals surface area contributed by atoms with Gasteiger partial charge in [-0.15, -0.1) is 0 Å². The molecule has 1 aliphatic rings. The molecule has 38 heavy (non-hydrogen) atoms. The van der Waals surface area contributed by atoms with Crippen LogP contribution in [0.4, 0.5) is 13.2 Å². The number of carbonyl (C=O) groups excluding carboxylic acids is 1. The number of amides is 1. The first kappa shape index (κ1) is 27.4. The summed E-state index contributed by atoms with van der Waals surface area (Å²) in [5.41, 5.74) is 1.89. The number of fused-ring (bicyclic) bond motifs is 1. The maximum Gasteiger partial charge on any atom is 0.416 e. The minimum absolute atomic E-state index is 0.0298. The van der Waals surface area contributed by atoms with E-state index >= 15 is 0 Å². The fraction of sp³-hybridized carbons (Fsp3) is 0.393. The van der Waals surface area contributed by atoms with Crippen LogP contribution < -0.4 is 10.1 Å². The molecule has 1 aromatic heterocycles. The summed E-state index contributed by atoms with van der Waals surface area (Å²) in [5, 5.41) is 7.96. The number of nitrogens with one attached hydrogen (secondary N) is 1. The maximum atomic E-state index is 12.8. The van der Waals surface area contributed by atoms with E-state index in [9.17, 15) is 18.0 Å². The van der Waals surface area contributed by atoms with Crippen LogP contribution in [0.5, 0.6) is 5.75 Å². The molecule has 0 bridgehead atoms. The summed E-state index contributed by atoms with van der Waals surface area (Å²) in [7, 11) is 0. The Bertz CT molecular complexity index is 1260. The maximum absolute atomic E-state index is 12.8. The number of benzene rings is 2. The first-order chi connectivity index (χ1) is 18.3. The molecule has 1 fully saturated rings. The van der Waals surface area contributed by atoms with Gasteiger partial charge in [-0.1, -0.05) is 30.3 Å². The highest BCUT2D eigenvalue weighted by molar-refractivity contribution is 6.11. The van der Waals surface area contributed by atoms with E-state index in [-0.39, 0.29) is 19.1 Å². The van der Waals surface area contributed by atoms with Gasteiger partial charge in [-0.3, -0.25) is 9.78 Å². The minimum Gasteiger partial charge on any atom is -0.481 e. The number of alkyl halides is 3. The van der Waals surface area contributed by atoms with E-state index in [0.717, 1.165) is 49.1 Å². The highest BCUT2D eigenvalue weighted by Crippen LogP contribution is 2.30. The van der Waals surface area contributed by atoms with Gasteiger partial charge in [-0.25, -0.2) is 0 Å². The Morgan fingerprint density at radius 2 is 1.89 bits per heavy atom. The average Bonchev–Trinajstić information content (AvgIpc) is 2.93. The zero-order valence-electron chi connectivity index (χ0n) is 21.1. The fourth-order valence-electron chi connectivity index (χ4n) is 4.20. The lowest BCUT2D eigenvalue weighted by molar-refractivity contribution is -0.137. The van der Waals surface area contributed by atoms with Gasteiger partial charge in [0.1, 0.15) is 17.9 Å². The standard InChI is InChI=1S/C28H30F3N3O4/c1-2-24(34-38-17-20-5-7-21(8-6-20)28(29,30)31)22-9-10-25(27-23(22)4-3-13-32-27)37-18-26(35)33-16-19-11-14-36-15-12-19/h3-10,13,19H,2,11-12,14-18H2,1H3,(H,33,35)/b34-24+. The Hall–Kier alpha value is -3.66. The van der Waals surface area contributed by atoms with Crippen LogP contribution in [0.15, 0.2) is 59.9 Å². The van der Waals surface area contributed by atoms with E-state index < -0.39 is 11.7 Å². The second-order valence-corrected chi connectivity index (χ2v) is 9.02. The van der Waals surface area contributed by atoms with Gasteiger partial charge in [0.25, 0.3) is 5.91 Å². The monoisotopic (exact) mass is 529 g/mol. The Morgan fingerprint density at radius 1 is 1.13 bits per heavy atom. The Kier molecular flexibility index (Phi) is 9.17. The number of pyridine rings is 1. The number of hydrogen-bond donors (Lipinski definition) is 1. The molecule has 0 radical (unpaired) electrons. The van der Waals surface area contributed by atoms with Crippen molar-refractivity contribution in [3.05, 3.63) is 71.4 Å². The van der Waals surface area contributed by atoms with Gasteiger partial charge in [0.2, 0.25) is 0 Å². The van der Waals surface area contributed by atoms with Gasteiger partial charge in [-0.2, -0.15) is 13.2 Å². The summed E-state index contributed by atoms with van der Waals surface area (Å²) in [5.74, 6) is 0.700. The van der Waals surface area contributed by atoms with Gasteiger partial charge in [0, 0.05) is 36.9 Å². The molecule has 4 rings (SSSR count). The summed E-state index contributed by atoms with van der Waals surface area (Å²) in [6.45, 7) is 3.89. The molecule has 0 saturated carbocycles. The van der Waals surface area contributed by atoms with Gasteiger partial charge in [0.15, 0.2) is 6.61 Å². The smallest absolute Gasteiger partial charge is 0.416 e. The summed E-state index contributed by atoms with van der Waals surface area (Å²) in [4.78, 5) is 22.3. The van der Waals surface area contributed by atoms with E-state index in [4.69, 9.17) is 14.3 Å². The van der Waals surface area contributed by atoms with Crippen molar-refractivity contribution in [3.63, 3.8) is 0 Å².